The Morgan fingerprint density at radius 1 is 0.432 bits per heavy atom. The van der Waals surface area contributed by atoms with Crippen molar-refractivity contribution in [1.82, 2.24) is 9.13 Å². The van der Waals surface area contributed by atoms with Gasteiger partial charge in [0.2, 0.25) is 0 Å². The second-order valence-electron chi connectivity index (χ2n) is 12.0. The lowest BCUT2D eigenvalue weighted by Gasteiger charge is -2.20. The summed E-state index contributed by atoms with van der Waals surface area (Å²) in [5, 5.41) is 5.20. The molecule has 0 aliphatic heterocycles. The third-order valence-electron chi connectivity index (χ3n) is 9.54. The highest BCUT2D eigenvalue weighted by molar-refractivity contribution is 6.19. The number of fused-ring (bicyclic) bond motifs is 6. The van der Waals surface area contributed by atoms with E-state index in [1.54, 1.807) is 0 Å². The standard InChI is InChI=1S/C42H32N2/c1-3-11-29(12-4-1)31-19-23-33(24-20-31)43-39-17-9-7-15-35(39)37-27-38-36-16-8-10-18-40(36)44(42(38)28-41(37)43)34-25-21-32(22-26-34)30-13-5-2-6-14-30/h1-5,7-13,15-21,23-25,27-28H,6,14,22,26H2. The second kappa shape index (κ2) is 10.1. The van der Waals surface area contributed by atoms with Gasteiger partial charge in [-0.3, -0.25) is 0 Å². The van der Waals surface area contributed by atoms with Crippen LogP contribution >= 0.6 is 0 Å². The summed E-state index contributed by atoms with van der Waals surface area (Å²) in [7, 11) is 0. The number of aromatic nitrogens is 2. The van der Waals surface area contributed by atoms with Crippen molar-refractivity contribution in [1.29, 1.82) is 0 Å². The molecule has 7 aromatic rings. The Kier molecular flexibility index (Phi) is 5.80. The molecule has 210 valence electrons. The summed E-state index contributed by atoms with van der Waals surface area (Å²) in [6.45, 7) is 0. The Morgan fingerprint density at radius 2 is 1.07 bits per heavy atom. The molecule has 2 heterocycles. The van der Waals surface area contributed by atoms with E-state index in [0.717, 1.165) is 25.7 Å². The third-order valence-corrected chi connectivity index (χ3v) is 9.54. The number of allylic oxidation sites excluding steroid dienone is 8. The average Bonchev–Trinajstić information content (AvgIpc) is 3.60. The van der Waals surface area contributed by atoms with E-state index in [9.17, 15) is 0 Å². The molecule has 2 nitrogen and oxygen atoms in total. The van der Waals surface area contributed by atoms with Gasteiger partial charge >= 0.3 is 0 Å². The minimum absolute atomic E-state index is 1.03. The molecule has 0 fully saturated rings. The zero-order valence-corrected chi connectivity index (χ0v) is 24.6. The van der Waals surface area contributed by atoms with Gasteiger partial charge in [0.1, 0.15) is 0 Å². The van der Waals surface area contributed by atoms with Gasteiger partial charge in [0.15, 0.2) is 0 Å². The number of hydrogen-bond acceptors (Lipinski definition) is 0. The first-order valence-corrected chi connectivity index (χ1v) is 15.7. The van der Waals surface area contributed by atoms with Gasteiger partial charge in [-0.05, 0) is 90.4 Å². The number of hydrogen-bond donors (Lipinski definition) is 0. The number of nitrogens with zero attached hydrogens (tertiary/aromatic N) is 2. The maximum Gasteiger partial charge on any atom is 0.0562 e. The molecule has 0 saturated heterocycles. The SMILES string of the molecule is C1=CCCC(C2=CC=C(n3c4ccccc4c4cc5c6ccccc6n(-c6ccc(-c7ccccc7)cc6)c5cc43)CC2)=C1. The summed E-state index contributed by atoms with van der Waals surface area (Å²) in [6, 6.07) is 42.2. The van der Waals surface area contributed by atoms with Crippen molar-refractivity contribution < 1.29 is 0 Å². The van der Waals surface area contributed by atoms with Gasteiger partial charge in [-0.25, -0.2) is 0 Å². The molecule has 0 radical (unpaired) electrons. The predicted octanol–water partition coefficient (Wildman–Crippen LogP) is 11.4. The van der Waals surface area contributed by atoms with Crippen LogP contribution in [-0.4, -0.2) is 9.13 Å². The van der Waals surface area contributed by atoms with Crippen molar-refractivity contribution in [3.05, 3.63) is 157 Å². The van der Waals surface area contributed by atoms with Gasteiger partial charge in [0.05, 0.1) is 22.1 Å². The fraction of sp³-hybridized carbons (Fsp3) is 0.0952. The van der Waals surface area contributed by atoms with Gasteiger partial charge in [-0.2, -0.15) is 0 Å². The molecule has 2 heteroatoms. The Bertz CT molecular complexity index is 2350. The first kappa shape index (κ1) is 25.2. The predicted molar refractivity (Wildman–Crippen MR) is 187 cm³/mol. The average molecular weight is 565 g/mol. The van der Waals surface area contributed by atoms with E-state index in [4.69, 9.17) is 0 Å². The molecule has 2 aromatic heterocycles. The summed E-state index contributed by atoms with van der Waals surface area (Å²) in [5.74, 6) is 0. The minimum Gasteiger partial charge on any atom is -0.313 e. The summed E-state index contributed by atoms with van der Waals surface area (Å²) in [4.78, 5) is 0. The van der Waals surface area contributed by atoms with Crippen LogP contribution in [0.1, 0.15) is 25.7 Å². The molecule has 44 heavy (non-hydrogen) atoms. The van der Waals surface area contributed by atoms with Crippen LogP contribution in [0.15, 0.2) is 157 Å². The van der Waals surface area contributed by atoms with Gasteiger partial charge < -0.3 is 9.13 Å². The maximum atomic E-state index is 2.52. The zero-order chi connectivity index (χ0) is 29.0. The first-order chi connectivity index (χ1) is 21.8. The van der Waals surface area contributed by atoms with Crippen LogP contribution in [-0.2, 0) is 0 Å². The van der Waals surface area contributed by atoms with Crippen molar-refractivity contribution in [3.63, 3.8) is 0 Å². The third kappa shape index (κ3) is 3.95. The molecule has 0 unspecified atom stereocenters. The molecular formula is C42H32N2. The van der Waals surface area contributed by atoms with Gasteiger partial charge in [-0.15, -0.1) is 0 Å². The molecule has 0 amide bonds. The van der Waals surface area contributed by atoms with Gasteiger partial charge in [0, 0.05) is 32.9 Å². The molecule has 2 aliphatic rings. The number of benzene rings is 5. The number of rotatable bonds is 4. The highest BCUT2D eigenvalue weighted by atomic mass is 15.0. The van der Waals surface area contributed by atoms with Crippen molar-refractivity contribution in [2.45, 2.75) is 25.7 Å². The van der Waals surface area contributed by atoms with Crippen molar-refractivity contribution >= 4 is 49.3 Å². The van der Waals surface area contributed by atoms with Gasteiger partial charge in [0.25, 0.3) is 0 Å². The summed E-state index contributed by atoms with van der Waals surface area (Å²) in [5.41, 5.74) is 13.0. The summed E-state index contributed by atoms with van der Waals surface area (Å²) in [6.07, 6.45) is 15.9. The Morgan fingerprint density at radius 3 is 1.75 bits per heavy atom. The quantitative estimate of drug-likeness (QED) is 0.201. The van der Waals surface area contributed by atoms with Crippen molar-refractivity contribution in [2.75, 3.05) is 0 Å². The van der Waals surface area contributed by atoms with Crippen LogP contribution in [0.4, 0.5) is 0 Å². The van der Waals surface area contributed by atoms with Crippen molar-refractivity contribution in [3.8, 4) is 16.8 Å². The molecule has 9 rings (SSSR count). The molecule has 5 aromatic carbocycles. The molecule has 0 bridgehead atoms. The largest absolute Gasteiger partial charge is 0.313 e. The van der Waals surface area contributed by atoms with Crippen molar-refractivity contribution in [2.24, 2.45) is 0 Å². The van der Waals surface area contributed by atoms with E-state index in [0.29, 0.717) is 0 Å². The van der Waals surface area contributed by atoms with E-state index in [2.05, 4.69) is 155 Å². The fourth-order valence-corrected chi connectivity index (χ4v) is 7.40. The smallest absolute Gasteiger partial charge is 0.0562 e. The van der Waals surface area contributed by atoms with Crippen LogP contribution in [0.3, 0.4) is 0 Å². The zero-order valence-electron chi connectivity index (χ0n) is 24.6. The topological polar surface area (TPSA) is 9.86 Å². The van der Waals surface area contributed by atoms with E-state index in [1.807, 2.05) is 0 Å². The fourth-order valence-electron chi connectivity index (χ4n) is 7.40. The highest BCUT2D eigenvalue weighted by Gasteiger charge is 2.20. The normalized spacial score (nSPS) is 15.2. The lowest BCUT2D eigenvalue weighted by molar-refractivity contribution is 0.885. The number of para-hydroxylation sites is 2. The van der Waals surface area contributed by atoms with E-state index >= 15 is 0 Å². The van der Waals surface area contributed by atoms with Crippen LogP contribution in [0.25, 0.3) is 66.1 Å². The molecule has 0 spiro atoms. The van der Waals surface area contributed by atoms with Crippen LogP contribution in [0.2, 0.25) is 0 Å². The lowest BCUT2D eigenvalue weighted by Crippen LogP contribution is -2.03. The maximum absolute atomic E-state index is 2.52. The summed E-state index contributed by atoms with van der Waals surface area (Å²) >= 11 is 0. The second-order valence-corrected chi connectivity index (χ2v) is 12.0. The van der Waals surface area contributed by atoms with E-state index in [1.165, 1.54) is 77.3 Å². The molecule has 0 saturated carbocycles. The van der Waals surface area contributed by atoms with E-state index in [-0.39, 0.29) is 0 Å². The Balaban J connectivity index is 1.27. The van der Waals surface area contributed by atoms with Crippen LogP contribution < -0.4 is 0 Å². The summed E-state index contributed by atoms with van der Waals surface area (Å²) < 4.78 is 4.96. The van der Waals surface area contributed by atoms with Gasteiger partial charge in [-0.1, -0.05) is 103 Å². The highest BCUT2D eigenvalue weighted by Crippen LogP contribution is 2.41. The molecule has 0 atom stereocenters. The Labute approximate surface area is 257 Å². The minimum atomic E-state index is 1.03. The van der Waals surface area contributed by atoms with Crippen LogP contribution in [0.5, 0.6) is 0 Å². The Hall–Kier alpha value is -5.34. The monoisotopic (exact) mass is 564 g/mol. The molecule has 2 aliphatic carbocycles. The lowest BCUT2D eigenvalue weighted by atomic mass is 9.90. The van der Waals surface area contributed by atoms with E-state index < -0.39 is 0 Å². The molecule has 0 N–H and O–H groups in total. The van der Waals surface area contributed by atoms with Crippen LogP contribution in [0, 0.1) is 0 Å². The first-order valence-electron chi connectivity index (χ1n) is 15.7. The molecular weight excluding hydrogens is 532 g/mol.